The van der Waals surface area contributed by atoms with E-state index >= 15 is 0 Å². The van der Waals surface area contributed by atoms with Crippen LogP contribution in [0.15, 0.2) is 6.20 Å². The van der Waals surface area contributed by atoms with Gasteiger partial charge in [0.25, 0.3) is 0 Å². The molecule has 0 saturated carbocycles. The molecule has 0 atom stereocenters. The Morgan fingerprint density at radius 2 is 2.14 bits per heavy atom. The van der Waals surface area contributed by atoms with E-state index in [9.17, 15) is 0 Å². The predicted molar refractivity (Wildman–Crippen MR) is 67.6 cm³/mol. The minimum absolute atomic E-state index is 0.612. The molecule has 14 heavy (non-hydrogen) atoms. The molecular formula is C10H14ClIN2. The van der Waals surface area contributed by atoms with E-state index < -0.39 is 0 Å². The molecule has 1 heterocycles. The van der Waals surface area contributed by atoms with Gasteiger partial charge in [-0.15, -0.1) is 0 Å². The SMILES string of the molecule is CCCCCCc1cnc(I)nc1Cl. The standard InChI is InChI=1S/C10H14ClIN2/c1-2-3-4-5-6-8-7-13-10(12)14-9(8)11/h7H,2-6H2,1H3. The van der Waals surface area contributed by atoms with E-state index in [4.69, 9.17) is 11.6 Å². The van der Waals surface area contributed by atoms with Gasteiger partial charge in [-0.05, 0) is 12.8 Å². The lowest BCUT2D eigenvalue weighted by Crippen LogP contribution is -1.94. The van der Waals surface area contributed by atoms with Crippen molar-refractivity contribution in [1.82, 2.24) is 9.97 Å². The molecule has 0 aliphatic rings. The minimum atomic E-state index is 0.612. The van der Waals surface area contributed by atoms with Gasteiger partial charge in [0.1, 0.15) is 5.15 Å². The quantitative estimate of drug-likeness (QED) is 0.356. The third-order valence-electron chi connectivity index (χ3n) is 2.08. The first-order valence-corrected chi connectivity index (χ1v) is 6.36. The highest BCUT2D eigenvalue weighted by Gasteiger charge is 2.02. The molecule has 0 saturated heterocycles. The highest BCUT2D eigenvalue weighted by atomic mass is 127. The molecule has 78 valence electrons. The third-order valence-corrected chi connectivity index (χ3v) is 2.93. The first-order valence-electron chi connectivity index (χ1n) is 4.91. The van der Waals surface area contributed by atoms with Gasteiger partial charge in [0.15, 0.2) is 3.83 Å². The number of aromatic nitrogens is 2. The summed E-state index contributed by atoms with van der Waals surface area (Å²) < 4.78 is 0.713. The zero-order valence-corrected chi connectivity index (χ0v) is 11.2. The second-order valence-electron chi connectivity index (χ2n) is 3.27. The molecule has 0 aliphatic carbocycles. The van der Waals surface area contributed by atoms with Crippen LogP contribution in [-0.2, 0) is 6.42 Å². The Balaban J connectivity index is 2.42. The molecule has 0 N–H and O–H groups in total. The lowest BCUT2D eigenvalue weighted by Gasteiger charge is -2.02. The molecule has 0 unspecified atom stereocenters. The van der Waals surface area contributed by atoms with Crippen molar-refractivity contribution in [2.45, 2.75) is 39.0 Å². The Kier molecular flexibility index (Phi) is 5.70. The van der Waals surface area contributed by atoms with Crippen molar-refractivity contribution in [3.8, 4) is 0 Å². The highest BCUT2D eigenvalue weighted by Crippen LogP contribution is 2.16. The molecule has 0 bridgehead atoms. The van der Waals surface area contributed by atoms with Gasteiger partial charge in [-0.2, -0.15) is 0 Å². The fourth-order valence-corrected chi connectivity index (χ4v) is 2.02. The molecule has 1 aromatic heterocycles. The van der Waals surface area contributed by atoms with E-state index in [-0.39, 0.29) is 0 Å². The number of nitrogens with zero attached hydrogens (tertiary/aromatic N) is 2. The van der Waals surface area contributed by atoms with Crippen LogP contribution in [-0.4, -0.2) is 9.97 Å². The van der Waals surface area contributed by atoms with Crippen LogP contribution in [0.2, 0.25) is 5.15 Å². The highest BCUT2D eigenvalue weighted by molar-refractivity contribution is 14.1. The van der Waals surface area contributed by atoms with Crippen molar-refractivity contribution in [2.24, 2.45) is 0 Å². The Morgan fingerprint density at radius 3 is 2.79 bits per heavy atom. The number of aryl methyl sites for hydroxylation is 1. The summed E-state index contributed by atoms with van der Waals surface area (Å²) in [5.74, 6) is 0. The van der Waals surface area contributed by atoms with Crippen molar-refractivity contribution in [1.29, 1.82) is 0 Å². The topological polar surface area (TPSA) is 25.8 Å². The second-order valence-corrected chi connectivity index (χ2v) is 4.59. The fourth-order valence-electron chi connectivity index (χ4n) is 1.28. The maximum absolute atomic E-state index is 5.99. The van der Waals surface area contributed by atoms with Crippen LogP contribution in [0.3, 0.4) is 0 Å². The number of hydrogen-bond acceptors (Lipinski definition) is 2. The van der Waals surface area contributed by atoms with E-state index in [1.54, 1.807) is 0 Å². The van der Waals surface area contributed by atoms with Crippen LogP contribution in [0.25, 0.3) is 0 Å². The van der Waals surface area contributed by atoms with E-state index in [1.807, 2.05) is 6.20 Å². The van der Waals surface area contributed by atoms with Gasteiger partial charge in [-0.1, -0.05) is 37.8 Å². The van der Waals surface area contributed by atoms with Crippen LogP contribution >= 0.6 is 34.2 Å². The third kappa shape index (κ3) is 4.09. The van der Waals surface area contributed by atoms with Gasteiger partial charge < -0.3 is 0 Å². The van der Waals surface area contributed by atoms with Crippen LogP contribution < -0.4 is 0 Å². The van der Waals surface area contributed by atoms with E-state index in [1.165, 1.54) is 25.7 Å². The van der Waals surface area contributed by atoms with Crippen LogP contribution in [0, 0.1) is 3.83 Å². The van der Waals surface area contributed by atoms with Crippen LogP contribution in [0.4, 0.5) is 0 Å². The monoisotopic (exact) mass is 324 g/mol. The fraction of sp³-hybridized carbons (Fsp3) is 0.600. The van der Waals surface area contributed by atoms with Crippen molar-refractivity contribution in [2.75, 3.05) is 0 Å². The van der Waals surface area contributed by atoms with Gasteiger partial charge in [0.05, 0.1) is 0 Å². The molecule has 0 spiro atoms. The summed E-state index contributed by atoms with van der Waals surface area (Å²) in [6, 6.07) is 0. The van der Waals surface area contributed by atoms with Gasteiger partial charge in [0.2, 0.25) is 0 Å². The first kappa shape index (κ1) is 12.2. The average molecular weight is 325 g/mol. The Morgan fingerprint density at radius 1 is 1.36 bits per heavy atom. The Hall–Kier alpha value is 0.1000. The van der Waals surface area contributed by atoms with E-state index in [0.717, 1.165) is 12.0 Å². The molecular weight excluding hydrogens is 310 g/mol. The number of hydrogen-bond donors (Lipinski definition) is 0. The number of halogens is 2. The second kappa shape index (κ2) is 6.56. The van der Waals surface area contributed by atoms with Gasteiger partial charge in [-0.25, -0.2) is 9.97 Å². The average Bonchev–Trinajstić information content (AvgIpc) is 2.15. The summed E-state index contributed by atoms with van der Waals surface area (Å²) in [5, 5.41) is 0.612. The Labute approximate surface area is 104 Å². The van der Waals surface area contributed by atoms with Crippen molar-refractivity contribution in [3.05, 3.63) is 20.7 Å². The summed E-state index contributed by atoms with van der Waals surface area (Å²) in [7, 11) is 0. The molecule has 0 aromatic carbocycles. The van der Waals surface area contributed by atoms with Gasteiger partial charge in [-0.3, -0.25) is 0 Å². The molecule has 1 aromatic rings. The maximum Gasteiger partial charge on any atom is 0.192 e. The zero-order chi connectivity index (χ0) is 10.4. The summed E-state index contributed by atoms with van der Waals surface area (Å²) in [6.07, 6.45) is 7.83. The lowest BCUT2D eigenvalue weighted by molar-refractivity contribution is 0.664. The molecule has 1 rings (SSSR count). The molecule has 2 nitrogen and oxygen atoms in total. The maximum atomic E-state index is 5.99. The smallest absolute Gasteiger partial charge is 0.192 e. The summed E-state index contributed by atoms with van der Waals surface area (Å²) in [5.41, 5.74) is 1.07. The molecule has 4 heteroatoms. The molecule has 0 amide bonds. The molecule has 0 fully saturated rings. The van der Waals surface area contributed by atoms with Gasteiger partial charge >= 0.3 is 0 Å². The summed E-state index contributed by atoms with van der Waals surface area (Å²) >= 11 is 8.05. The number of rotatable bonds is 5. The lowest BCUT2D eigenvalue weighted by atomic mass is 10.1. The molecule has 0 radical (unpaired) electrons. The van der Waals surface area contributed by atoms with Crippen molar-refractivity contribution in [3.63, 3.8) is 0 Å². The summed E-state index contributed by atoms with van der Waals surface area (Å²) in [6.45, 7) is 2.21. The van der Waals surface area contributed by atoms with E-state index in [0.29, 0.717) is 8.98 Å². The first-order chi connectivity index (χ1) is 6.74. The van der Waals surface area contributed by atoms with Crippen LogP contribution in [0.1, 0.15) is 38.2 Å². The van der Waals surface area contributed by atoms with Crippen molar-refractivity contribution < 1.29 is 0 Å². The number of unbranched alkanes of at least 4 members (excludes halogenated alkanes) is 3. The van der Waals surface area contributed by atoms with Crippen LogP contribution in [0.5, 0.6) is 0 Å². The minimum Gasteiger partial charge on any atom is -0.231 e. The van der Waals surface area contributed by atoms with Crippen molar-refractivity contribution >= 4 is 34.2 Å². The zero-order valence-electron chi connectivity index (χ0n) is 8.26. The molecule has 0 aliphatic heterocycles. The van der Waals surface area contributed by atoms with Gasteiger partial charge in [0, 0.05) is 34.4 Å². The predicted octanol–water partition coefficient (Wildman–Crippen LogP) is 3.86. The Bertz CT molecular complexity index is 291. The largest absolute Gasteiger partial charge is 0.231 e. The summed E-state index contributed by atoms with van der Waals surface area (Å²) in [4.78, 5) is 8.24. The normalized spacial score (nSPS) is 10.5. The van der Waals surface area contributed by atoms with E-state index in [2.05, 4.69) is 39.5 Å².